The largest absolute Gasteiger partial charge is 0.480 e. The molecule has 0 aliphatic carbocycles. The molecule has 0 saturated heterocycles. The first-order chi connectivity index (χ1) is 6.52. The van der Waals surface area contributed by atoms with Crippen LogP contribution in [-0.4, -0.2) is 17.1 Å². The molecule has 0 spiro atoms. The van der Waals surface area contributed by atoms with E-state index in [2.05, 4.69) is 31.9 Å². The smallest absolute Gasteiger partial charge is 0.320 e. The van der Waals surface area contributed by atoms with Crippen LogP contribution in [0.1, 0.15) is 5.56 Å². The molecule has 1 atom stereocenters. The summed E-state index contributed by atoms with van der Waals surface area (Å²) in [4.78, 5) is 10.6. The number of hydrogen-bond acceptors (Lipinski definition) is 2. The normalized spacial score (nSPS) is 12.5. The van der Waals surface area contributed by atoms with E-state index in [0.29, 0.717) is 6.42 Å². The van der Waals surface area contributed by atoms with E-state index in [1.807, 2.05) is 18.2 Å². The molecule has 0 aromatic heterocycles. The molecule has 0 saturated carbocycles. The van der Waals surface area contributed by atoms with Gasteiger partial charge in [0.25, 0.3) is 0 Å². The van der Waals surface area contributed by atoms with Crippen LogP contribution in [0, 0.1) is 0 Å². The predicted molar refractivity (Wildman–Crippen MR) is 61.2 cm³/mol. The van der Waals surface area contributed by atoms with Gasteiger partial charge < -0.3 is 10.8 Å². The summed E-state index contributed by atoms with van der Waals surface area (Å²) in [5, 5.41) is 8.67. The van der Waals surface area contributed by atoms with Crippen LogP contribution < -0.4 is 5.73 Å². The molecule has 0 amide bonds. The maximum Gasteiger partial charge on any atom is 0.320 e. The fourth-order valence-corrected chi connectivity index (χ4v) is 2.36. The van der Waals surface area contributed by atoms with E-state index in [0.717, 1.165) is 14.5 Å². The number of halogens is 2. The molecule has 0 bridgehead atoms. The standard InChI is InChI=1S/C9H9Br2NO2/c10-6-2-1-3-7(11)5(6)4-8(12)9(13)14/h1-3,8H,4,12H2,(H,13,14)/t8-/m0/s1. The number of benzene rings is 1. The van der Waals surface area contributed by atoms with Gasteiger partial charge in [-0.15, -0.1) is 0 Å². The van der Waals surface area contributed by atoms with E-state index in [1.165, 1.54) is 0 Å². The van der Waals surface area contributed by atoms with Crippen LogP contribution >= 0.6 is 31.9 Å². The Kier molecular flexibility index (Phi) is 4.10. The molecule has 5 heteroatoms. The zero-order valence-electron chi connectivity index (χ0n) is 7.21. The van der Waals surface area contributed by atoms with Crippen molar-refractivity contribution in [1.29, 1.82) is 0 Å². The molecule has 14 heavy (non-hydrogen) atoms. The molecule has 0 aliphatic rings. The Morgan fingerprint density at radius 2 is 1.93 bits per heavy atom. The molecule has 3 nitrogen and oxygen atoms in total. The minimum absolute atomic E-state index is 0.303. The Hall–Kier alpha value is -0.390. The van der Waals surface area contributed by atoms with Crippen LogP contribution in [0.4, 0.5) is 0 Å². The number of hydrogen-bond donors (Lipinski definition) is 2. The molecule has 0 aliphatic heterocycles. The van der Waals surface area contributed by atoms with Gasteiger partial charge in [0.1, 0.15) is 6.04 Å². The summed E-state index contributed by atoms with van der Waals surface area (Å²) in [6, 6.07) is 4.71. The van der Waals surface area contributed by atoms with Crippen molar-refractivity contribution in [2.45, 2.75) is 12.5 Å². The monoisotopic (exact) mass is 321 g/mol. The second-order valence-corrected chi connectivity index (χ2v) is 4.56. The third-order valence-electron chi connectivity index (χ3n) is 1.80. The lowest BCUT2D eigenvalue weighted by molar-refractivity contribution is -0.138. The van der Waals surface area contributed by atoms with Crippen LogP contribution in [0.2, 0.25) is 0 Å². The highest BCUT2D eigenvalue weighted by molar-refractivity contribution is 9.11. The minimum atomic E-state index is -0.993. The van der Waals surface area contributed by atoms with Crippen molar-refractivity contribution in [3.63, 3.8) is 0 Å². The molecule has 0 heterocycles. The third kappa shape index (κ3) is 2.80. The van der Waals surface area contributed by atoms with Gasteiger partial charge in [0, 0.05) is 15.4 Å². The summed E-state index contributed by atoms with van der Waals surface area (Å²) < 4.78 is 1.73. The van der Waals surface area contributed by atoms with Gasteiger partial charge in [0.2, 0.25) is 0 Å². The van der Waals surface area contributed by atoms with Crippen LogP contribution in [0.3, 0.4) is 0 Å². The summed E-state index contributed by atoms with van der Waals surface area (Å²) in [6.45, 7) is 0. The molecule has 1 aromatic rings. The number of rotatable bonds is 3. The Morgan fingerprint density at radius 3 is 2.36 bits per heavy atom. The first-order valence-electron chi connectivity index (χ1n) is 3.93. The van der Waals surface area contributed by atoms with Crippen LogP contribution in [-0.2, 0) is 11.2 Å². The second kappa shape index (κ2) is 4.91. The highest BCUT2D eigenvalue weighted by Crippen LogP contribution is 2.26. The number of carboxylic acids is 1. The summed E-state index contributed by atoms with van der Waals surface area (Å²) in [6.07, 6.45) is 0.303. The maximum atomic E-state index is 10.6. The number of carboxylic acid groups (broad SMARTS) is 1. The molecule has 1 rings (SSSR count). The van der Waals surface area contributed by atoms with Gasteiger partial charge in [-0.1, -0.05) is 37.9 Å². The molecule has 1 aromatic carbocycles. The predicted octanol–water partition coefficient (Wildman–Crippen LogP) is 2.17. The Balaban J connectivity index is 2.91. The van der Waals surface area contributed by atoms with Gasteiger partial charge >= 0.3 is 5.97 Å². The van der Waals surface area contributed by atoms with Crippen molar-refractivity contribution in [3.8, 4) is 0 Å². The molecule has 76 valence electrons. The lowest BCUT2D eigenvalue weighted by Crippen LogP contribution is -2.32. The second-order valence-electron chi connectivity index (χ2n) is 2.85. The van der Waals surface area contributed by atoms with E-state index in [-0.39, 0.29) is 0 Å². The third-order valence-corrected chi connectivity index (χ3v) is 3.29. The lowest BCUT2D eigenvalue weighted by Gasteiger charge is -2.10. The first kappa shape index (κ1) is 11.7. The Morgan fingerprint density at radius 1 is 1.43 bits per heavy atom. The van der Waals surface area contributed by atoms with Crippen molar-refractivity contribution in [2.24, 2.45) is 5.73 Å². The van der Waals surface area contributed by atoms with E-state index in [1.54, 1.807) is 0 Å². The van der Waals surface area contributed by atoms with Gasteiger partial charge in [-0.05, 0) is 17.7 Å². The summed E-state index contributed by atoms with van der Waals surface area (Å²) >= 11 is 6.69. The maximum absolute atomic E-state index is 10.6. The summed E-state index contributed by atoms with van der Waals surface area (Å²) in [5.41, 5.74) is 6.32. The Bertz CT molecular complexity index is 334. The first-order valence-corrected chi connectivity index (χ1v) is 5.52. The number of nitrogens with two attached hydrogens (primary N) is 1. The van der Waals surface area contributed by atoms with E-state index in [9.17, 15) is 4.79 Å². The minimum Gasteiger partial charge on any atom is -0.480 e. The fraction of sp³-hybridized carbons (Fsp3) is 0.222. The fourth-order valence-electron chi connectivity index (χ4n) is 1.03. The average Bonchev–Trinajstić information content (AvgIpc) is 2.11. The molecule has 0 unspecified atom stereocenters. The van der Waals surface area contributed by atoms with Crippen LogP contribution in [0.5, 0.6) is 0 Å². The van der Waals surface area contributed by atoms with Crippen molar-refractivity contribution < 1.29 is 9.90 Å². The van der Waals surface area contributed by atoms with Crippen molar-refractivity contribution in [3.05, 3.63) is 32.7 Å². The highest BCUT2D eigenvalue weighted by Gasteiger charge is 2.15. The van der Waals surface area contributed by atoms with E-state index >= 15 is 0 Å². The van der Waals surface area contributed by atoms with E-state index in [4.69, 9.17) is 10.8 Å². The average molecular weight is 323 g/mol. The highest BCUT2D eigenvalue weighted by atomic mass is 79.9. The quantitative estimate of drug-likeness (QED) is 0.896. The number of carbonyl (C=O) groups is 1. The van der Waals surface area contributed by atoms with Gasteiger partial charge in [0.15, 0.2) is 0 Å². The van der Waals surface area contributed by atoms with Gasteiger partial charge in [-0.3, -0.25) is 4.79 Å². The van der Waals surface area contributed by atoms with Crippen molar-refractivity contribution in [2.75, 3.05) is 0 Å². The zero-order valence-corrected chi connectivity index (χ0v) is 10.4. The Labute approximate surface area is 98.6 Å². The van der Waals surface area contributed by atoms with Crippen LogP contribution in [0.15, 0.2) is 27.1 Å². The zero-order chi connectivity index (χ0) is 10.7. The summed E-state index contributed by atoms with van der Waals surface area (Å²) in [5.74, 6) is -0.993. The summed E-state index contributed by atoms with van der Waals surface area (Å²) in [7, 11) is 0. The van der Waals surface area contributed by atoms with Crippen molar-refractivity contribution >= 4 is 37.8 Å². The van der Waals surface area contributed by atoms with Gasteiger partial charge in [-0.25, -0.2) is 0 Å². The SMILES string of the molecule is N[C@@H](Cc1c(Br)cccc1Br)C(=O)O. The number of aliphatic carboxylic acids is 1. The van der Waals surface area contributed by atoms with Gasteiger partial charge in [0.05, 0.1) is 0 Å². The molecular weight excluding hydrogens is 314 g/mol. The van der Waals surface area contributed by atoms with Gasteiger partial charge in [-0.2, -0.15) is 0 Å². The van der Waals surface area contributed by atoms with E-state index < -0.39 is 12.0 Å². The molecular formula is C9H9Br2NO2. The molecule has 0 radical (unpaired) electrons. The molecule has 0 fully saturated rings. The topological polar surface area (TPSA) is 63.3 Å². The van der Waals surface area contributed by atoms with Crippen molar-refractivity contribution in [1.82, 2.24) is 0 Å². The van der Waals surface area contributed by atoms with Crippen LogP contribution in [0.25, 0.3) is 0 Å². The lowest BCUT2D eigenvalue weighted by atomic mass is 10.1. The molecule has 3 N–H and O–H groups in total.